The molecule has 0 aliphatic carbocycles. The first-order valence-electron chi connectivity index (χ1n) is 10.5. The molecule has 1 N–H and O–H groups in total. The van der Waals surface area contributed by atoms with Gasteiger partial charge in [0.15, 0.2) is 0 Å². The Balaban J connectivity index is 1.43. The first kappa shape index (κ1) is 22.9. The maximum absolute atomic E-state index is 12.5. The van der Waals surface area contributed by atoms with E-state index in [1.54, 1.807) is 36.4 Å². The van der Waals surface area contributed by atoms with Crippen molar-refractivity contribution in [1.29, 1.82) is 0 Å². The molecule has 0 aromatic heterocycles. The summed E-state index contributed by atoms with van der Waals surface area (Å²) in [6, 6.07) is 31.2. The summed E-state index contributed by atoms with van der Waals surface area (Å²) in [5, 5.41) is 0.479. The van der Waals surface area contributed by atoms with Gasteiger partial charge in [0.1, 0.15) is 11.5 Å². The van der Waals surface area contributed by atoms with E-state index in [4.69, 9.17) is 16.3 Å². The predicted octanol–water partition coefficient (Wildman–Crippen LogP) is 7.26. The summed E-state index contributed by atoms with van der Waals surface area (Å²) in [5.41, 5.74) is 2.75. The van der Waals surface area contributed by atoms with Crippen LogP contribution in [0.5, 0.6) is 11.5 Å². The fourth-order valence-electron chi connectivity index (χ4n) is 3.52. The summed E-state index contributed by atoms with van der Waals surface area (Å²) in [6.07, 6.45) is 0. The van der Waals surface area contributed by atoms with E-state index in [0.717, 1.165) is 0 Å². The van der Waals surface area contributed by atoms with Gasteiger partial charge in [-0.15, -0.1) is 0 Å². The number of rotatable bonds is 7. The van der Waals surface area contributed by atoms with Crippen LogP contribution in [0.1, 0.15) is 25.0 Å². The van der Waals surface area contributed by atoms with E-state index in [9.17, 15) is 8.42 Å². The quantitative estimate of drug-likeness (QED) is 0.304. The number of anilines is 1. The van der Waals surface area contributed by atoms with Crippen molar-refractivity contribution in [3.8, 4) is 11.5 Å². The molecule has 0 saturated carbocycles. The highest BCUT2D eigenvalue weighted by Gasteiger charge is 2.22. The van der Waals surface area contributed by atoms with Crippen LogP contribution in [0.25, 0.3) is 0 Å². The Bertz CT molecular complexity index is 1320. The highest BCUT2D eigenvalue weighted by Crippen LogP contribution is 2.33. The molecule has 6 heteroatoms. The highest BCUT2D eigenvalue weighted by atomic mass is 35.5. The minimum absolute atomic E-state index is 0.122. The number of benzene rings is 4. The van der Waals surface area contributed by atoms with Crippen molar-refractivity contribution in [1.82, 2.24) is 0 Å². The Morgan fingerprint density at radius 2 is 1.21 bits per heavy atom. The van der Waals surface area contributed by atoms with Gasteiger partial charge in [-0.1, -0.05) is 67.9 Å². The maximum Gasteiger partial charge on any atom is 0.261 e. The van der Waals surface area contributed by atoms with Gasteiger partial charge in [-0.25, -0.2) is 8.42 Å². The molecule has 0 radical (unpaired) electrons. The molecule has 33 heavy (non-hydrogen) atoms. The molecular weight excluding hydrogens is 454 g/mol. The van der Waals surface area contributed by atoms with Gasteiger partial charge >= 0.3 is 0 Å². The summed E-state index contributed by atoms with van der Waals surface area (Å²) in [4.78, 5) is 0.144. The van der Waals surface area contributed by atoms with Crippen LogP contribution in [0.15, 0.2) is 108 Å². The third kappa shape index (κ3) is 5.38. The molecule has 4 aromatic rings. The minimum Gasteiger partial charge on any atom is -0.457 e. The Morgan fingerprint density at radius 1 is 0.697 bits per heavy atom. The summed E-state index contributed by atoms with van der Waals surface area (Å²) in [7, 11) is -3.69. The first-order chi connectivity index (χ1) is 15.7. The third-order valence-corrected chi connectivity index (χ3v) is 7.19. The zero-order valence-corrected chi connectivity index (χ0v) is 19.9. The van der Waals surface area contributed by atoms with Gasteiger partial charge in [-0.3, -0.25) is 4.72 Å². The number of hydrogen-bond acceptors (Lipinski definition) is 3. The first-order valence-corrected chi connectivity index (χ1v) is 12.3. The molecule has 4 aromatic carbocycles. The van der Waals surface area contributed by atoms with Crippen molar-refractivity contribution in [3.63, 3.8) is 0 Å². The lowest BCUT2D eigenvalue weighted by Gasteiger charge is -2.26. The average molecular weight is 478 g/mol. The molecule has 0 aliphatic heterocycles. The third-order valence-electron chi connectivity index (χ3n) is 5.54. The van der Waals surface area contributed by atoms with E-state index in [2.05, 4.69) is 42.8 Å². The zero-order valence-electron chi connectivity index (χ0n) is 18.3. The van der Waals surface area contributed by atoms with E-state index in [0.29, 0.717) is 22.2 Å². The number of nitrogens with one attached hydrogen (secondary N) is 1. The lowest BCUT2D eigenvalue weighted by atomic mass is 9.78. The van der Waals surface area contributed by atoms with Crippen LogP contribution in [0.4, 0.5) is 5.69 Å². The van der Waals surface area contributed by atoms with Gasteiger partial charge in [0.05, 0.1) is 4.90 Å². The molecule has 0 fully saturated rings. The Kier molecular flexibility index (Phi) is 6.45. The van der Waals surface area contributed by atoms with Crippen LogP contribution in [-0.4, -0.2) is 8.42 Å². The van der Waals surface area contributed by atoms with Crippen molar-refractivity contribution in [3.05, 3.63) is 119 Å². The van der Waals surface area contributed by atoms with Crippen molar-refractivity contribution in [2.75, 3.05) is 4.72 Å². The number of ether oxygens (including phenoxy) is 1. The van der Waals surface area contributed by atoms with E-state index in [1.165, 1.54) is 23.3 Å². The van der Waals surface area contributed by atoms with E-state index in [-0.39, 0.29) is 10.3 Å². The van der Waals surface area contributed by atoms with Crippen molar-refractivity contribution in [2.45, 2.75) is 24.2 Å². The fourth-order valence-corrected chi connectivity index (χ4v) is 4.70. The van der Waals surface area contributed by atoms with Crippen molar-refractivity contribution < 1.29 is 13.2 Å². The van der Waals surface area contributed by atoms with Crippen molar-refractivity contribution in [2.24, 2.45) is 0 Å². The second-order valence-corrected chi connectivity index (χ2v) is 10.3. The van der Waals surface area contributed by atoms with E-state index < -0.39 is 10.0 Å². The molecular formula is C27H24ClNO3S. The average Bonchev–Trinajstić information content (AvgIpc) is 2.81. The molecule has 168 valence electrons. The lowest BCUT2D eigenvalue weighted by molar-refractivity contribution is 0.482. The molecule has 0 spiro atoms. The second-order valence-electron chi connectivity index (χ2n) is 8.20. The van der Waals surface area contributed by atoms with Crippen molar-refractivity contribution >= 4 is 27.3 Å². The fraction of sp³-hybridized carbons (Fsp3) is 0.111. The van der Waals surface area contributed by atoms with Crippen LogP contribution in [-0.2, 0) is 15.4 Å². The van der Waals surface area contributed by atoms with Crippen LogP contribution < -0.4 is 9.46 Å². The van der Waals surface area contributed by atoms with Gasteiger partial charge in [-0.05, 0) is 71.8 Å². The van der Waals surface area contributed by atoms with Gasteiger partial charge in [-0.2, -0.15) is 0 Å². The topological polar surface area (TPSA) is 55.4 Å². The summed E-state index contributed by atoms with van der Waals surface area (Å²) in [5.74, 6) is 1.32. The normalized spacial score (nSPS) is 11.7. The largest absolute Gasteiger partial charge is 0.457 e. The van der Waals surface area contributed by atoms with Gasteiger partial charge in [0.2, 0.25) is 0 Å². The molecule has 0 aliphatic rings. The summed E-state index contributed by atoms with van der Waals surface area (Å²) < 4.78 is 33.5. The number of hydrogen-bond donors (Lipinski definition) is 1. The second kappa shape index (κ2) is 9.30. The number of sulfonamides is 1. The molecule has 0 atom stereocenters. The standard InChI is InChI=1S/C27H24ClNO3S/c1-27(2,20-6-4-3-5-7-20)21-8-14-24(15-9-21)32-25-16-12-23(13-17-25)29-33(30,31)26-18-10-22(28)11-19-26/h3-19,29H,1-2H3. The van der Waals surface area contributed by atoms with Crippen LogP contribution in [0.3, 0.4) is 0 Å². The molecule has 0 bridgehead atoms. The van der Waals surface area contributed by atoms with Gasteiger partial charge in [0, 0.05) is 16.1 Å². The monoisotopic (exact) mass is 477 g/mol. The molecule has 0 unspecified atom stereocenters. The van der Waals surface area contributed by atoms with E-state index in [1.807, 2.05) is 30.3 Å². The Labute approximate surface area is 199 Å². The summed E-state index contributed by atoms with van der Waals surface area (Å²) >= 11 is 5.84. The Hall–Kier alpha value is -3.28. The predicted molar refractivity (Wildman–Crippen MR) is 134 cm³/mol. The van der Waals surface area contributed by atoms with E-state index >= 15 is 0 Å². The number of halogens is 1. The van der Waals surface area contributed by atoms with Crippen LogP contribution in [0.2, 0.25) is 5.02 Å². The minimum atomic E-state index is -3.69. The van der Waals surface area contributed by atoms with Gasteiger partial charge in [0.25, 0.3) is 10.0 Å². The zero-order chi connectivity index (χ0) is 23.5. The van der Waals surface area contributed by atoms with Crippen LogP contribution >= 0.6 is 11.6 Å². The smallest absolute Gasteiger partial charge is 0.261 e. The maximum atomic E-state index is 12.5. The SMILES string of the molecule is CC(C)(c1ccccc1)c1ccc(Oc2ccc(NS(=O)(=O)c3ccc(Cl)cc3)cc2)cc1. The Morgan fingerprint density at radius 3 is 1.79 bits per heavy atom. The molecule has 0 heterocycles. The summed E-state index contributed by atoms with van der Waals surface area (Å²) in [6.45, 7) is 4.39. The molecule has 0 saturated heterocycles. The molecule has 4 rings (SSSR count). The van der Waals surface area contributed by atoms with Gasteiger partial charge < -0.3 is 4.74 Å². The van der Waals surface area contributed by atoms with Crippen LogP contribution in [0, 0.1) is 0 Å². The molecule has 4 nitrogen and oxygen atoms in total. The lowest BCUT2D eigenvalue weighted by Crippen LogP contribution is -2.18. The molecule has 0 amide bonds. The highest BCUT2D eigenvalue weighted by molar-refractivity contribution is 7.92.